The molecule has 58 heavy (non-hydrogen) atoms. The van der Waals surface area contributed by atoms with Crippen molar-refractivity contribution in [2.75, 3.05) is 4.90 Å². The molecule has 0 bridgehead atoms. The van der Waals surface area contributed by atoms with Crippen LogP contribution >= 0.6 is 0 Å². The number of nitrogens with zero attached hydrogens (tertiary/aromatic N) is 1. The van der Waals surface area contributed by atoms with Gasteiger partial charge in [-0.15, -0.1) is 0 Å². The van der Waals surface area contributed by atoms with Gasteiger partial charge in [-0.1, -0.05) is 152 Å². The fourth-order valence-electron chi connectivity index (χ4n) is 10.7. The highest BCUT2D eigenvalue weighted by Crippen LogP contribution is 2.63. The molecule has 2 heterocycles. The average molecular weight is 738 g/mol. The Morgan fingerprint density at radius 1 is 0.379 bits per heavy atom. The summed E-state index contributed by atoms with van der Waals surface area (Å²) in [5, 5.41) is 9.76. The van der Waals surface area contributed by atoms with Crippen molar-refractivity contribution >= 4 is 71.3 Å². The third kappa shape index (κ3) is 4.16. The lowest BCUT2D eigenvalue weighted by molar-refractivity contribution is 0.669. The molecule has 270 valence electrons. The van der Waals surface area contributed by atoms with E-state index < -0.39 is 0 Å². The lowest BCUT2D eigenvalue weighted by atomic mass is 9.70. The first-order valence-electron chi connectivity index (χ1n) is 20.2. The van der Waals surface area contributed by atoms with Gasteiger partial charge in [-0.3, -0.25) is 0 Å². The molecule has 13 rings (SSSR count). The second kappa shape index (κ2) is 11.6. The summed E-state index contributed by atoms with van der Waals surface area (Å²) in [7, 11) is 0. The van der Waals surface area contributed by atoms with Crippen LogP contribution in [0, 0.1) is 0 Å². The Balaban J connectivity index is 1.09. The SMILES string of the molecule is CC12c3ccccc3-c3cccc(c31)N(c1ccccc1-c1cccc3oc4cc5ccccc5cc4c13)c1ccc(-c3cccc4c3ccc3ccccc34)cc12. The van der Waals surface area contributed by atoms with E-state index in [-0.39, 0.29) is 5.41 Å². The van der Waals surface area contributed by atoms with Crippen molar-refractivity contribution in [3.63, 3.8) is 0 Å². The molecule has 11 aromatic rings. The molecule has 0 saturated carbocycles. The topological polar surface area (TPSA) is 16.4 Å². The Hall–Kier alpha value is -7.42. The van der Waals surface area contributed by atoms with Crippen LogP contribution < -0.4 is 4.90 Å². The predicted octanol–water partition coefficient (Wildman–Crippen LogP) is 15.5. The quantitative estimate of drug-likeness (QED) is 0.168. The van der Waals surface area contributed by atoms with E-state index in [9.17, 15) is 0 Å². The zero-order valence-corrected chi connectivity index (χ0v) is 31.8. The molecule has 1 unspecified atom stereocenters. The van der Waals surface area contributed by atoms with Crippen LogP contribution in [0.2, 0.25) is 0 Å². The van der Waals surface area contributed by atoms with E-state index in [0.717, 1.165) is 38.8 Å². The lowest BCUT2D eigenvalue weighted by Gasteiger charge is -2.43. The van der Waals surface area contributed by atoms with Crippen LogP contribution in [0.1, 0.15) is 23.6 Å². The Kier molecular flexibility index (Phi) is 6.33. The Morgan fingerprint density at radius 2 is 1.05 bits per heavy atom. The van der Waals surface area contributed by atoms with Crippen molar-refractivity contribution in [3.8, 4) is 33.4 Å². The normalized spacial score (nSPS) is 15.4. The minimum Gasteiger partial charge on any atom is -0.456 e. The third-order valence-electron chi connectivity index (χ3n) is 13.2. The van der Waals surface area contributed by atoms with Gasteiger partial charge in [-0.05, 0) is 126 Å². The van der Waals surface area contributed by atoms with Crippen LogP contribution in [-0.2, 0) is 5.41 Å². The Bertz CT molecular complexity index is 3550. The maximum absolute atomic E-state index is 6.60. The van der Waals surface area contributed by atoms with Crippen LogP contribution in [0.5, 0.6) is 0 Å². The molecule has 0 amide bonds. The number of furan rings is 1. The maximum Gasteiger partial charge on any atom is 0.136 e. The molecule has 10 aromatic carbocycles. The second-order valence-corrected chi connectivity index (χ2v) is 16.1. The van der Waals surface area contributed by atoms with Gasteiger partial charge < -0.3 is 9.32 Å². The van der Waals surface area contributed by atoms with Gasteiger partial charge >= 0.3 is 0 Å². The van der Waals surface area contributed by atoms with Crippen LogP contribution in [0.4, 0.5) is 17.1 Å². The van der Waals surface area contributed by atoms with Crippen LogP contribution in [0.25, 0.3) is 87.6 Å². The third-order valence-corrected chi connectivity index (χ3v) is 13.2. The minimum atomic E-state index is -0.363. The summed E-state index contributed by atoms with van der Waals surface area (Å²) < 4.78 is 6.60. The van der Waals surface area contributed by atoms with E-state index >= 15 is 0 Å². The molecular weight excluding hydrogens is 703 g/mol. The van der Waals surface area contributed by atoms with Crippen molar-refractivity contribution in [2.45, 2.75) is 12.3 Å². The monoisotopic (exact) mass is 737 g/mol. The molecule has 1 aliphatic heterocycles. The molecular formula is C56H35NO. The first kappa shape index (κ1) is 31.7. The highest BCUT2D eigenvalue weighted by atomic mass is 16.3. The Morgan fingerprint density at radius 3 is 1.97 bits per heavy atom. The summed E-state index contributed by atoms with van der Waals surface area (Å²) in [5.41, 5.74) is 16.4. The predicted molar refractivity (Wildman–Crippen MR) is 243 cm³/mol. The highest BCUT2D eigenvalue weighted by Gasteiger charge is 2.48. The number of fused-ring (bicyclic) bond motifs is 12. The van der Waals surface area contributed by atoms with Gasteiger partial charge in [0.25, 0.3) is 0 Å². The van der Waals surface area contributed by atoms with E-state index in [1.165, 1.54) is 82.6 Å². The number of hydrogen-bond acceptors (Lipinski definition) is 2. The summed E-state index contributed by atoms with van der Waals surface area (Å²) in [6.45, 7) is 2.45. The van der Waals surface area contributed by atoms with Gasteiger partial charge in [0.2, 0.25) is 0 Å². The maximum atomic E-state index is 6.60. The fourth-order valence-corrected chi connectivity index (χ4v) is 10.7. The summed E-state index contributed by atoms with van der Waals surface area (Å²) in [6, 6.07) is 71.6. The molecule has 1 atom stereocenters. The average Bonchev–Trinajstić information content (AvgIpc) is 3.78. The van der Waals surface area contributed by atoms with E-state index in [1.54, 1.807) is 0 Å². The first-order valence-corrected chi connectivity index (χ1v) is 20.2. The van der Waals surface area contributed by atoms with Gasteiger partial charge in [0.15, 0.2) is 0 Å². The number of hydrogen-bond donors (Lipinski definition) is 0. The number of benzene rings is 10. The molecule has 2 heteroatoms. The van der Waals surface area contributed by atoms with Gasteiger partial charge in [0.05, 0.1) is 17.1 Å². The zero-order chi connectivity index (χ0) is 38.1. The van der Waals surface area contributed by atoms with E-state index in [1.807, 2.05) is 0 Å². The summed E-state index contributed by atoms with van der Waals surface area (Å²) in [4.78, 5) is 2.54. The smallest absolute Gasteiger partial charge is 0.136 e. The molecule has 2 aliphatic rings. The molecule has 0 radical (unpaired) electrons. The standard InChI is InChI=1S/C56H35NO/c1-56-47-23-8-6-17-42(47)45-22-11-25-51(55(45)56)57(50-30-28-37(32-48(50)56)39-19-10-20-40-38-16-5-4-13-34(38)27-29-41(39)40)49-24-9-7-18-43(49)44-21-12-26-52-54(44)46-31-35-14-2-3-15-36(35)33-53(46)58-52/h2-33H,1H3. The van der Waals surface area contributed by atoms with Crippen LogP contribution in [-0.4, -0.2) is 0 Å². The fraction of sp³-hybridized carbons (Fsp3) is 0.0357. The van der Waals surface area contributed by atoms with Gasteiger partial charge in [-0.2, -0.15) is 0 Å². The van der Waals surface area contributed by atoms with E-state index in [2.05, 4.69) is 206 Å². The molecule has 1 aromatic heterocycles. The van der Waals surface area contributed by atoms with Crippen molar-refractivity contribution in [2.24, 2.45) is 0 Å². The largest absolute Gasteiger partial charge is 0.456 e. The number of anilines is 3. The summed E-state index contributed by atoms with van der Waals surface area (Å²) >= 11 is 0. The van der Waals surface area contributed by atoms with Crippen molar-refractivity contribution in [3.05, 3.63) is 211 Å². The van der Waals surface area contributed by atoms with E-state index in [0.29, 0.717) is 0 Å². The zero-order valence-electron chi connectivity index (χ0n) is 31.8. The van der Waals surface area contributed by atoms with Crippen molar-refractivity contribution < 1.29 is 4.42 Å². The van der Waals surface area contributed by atoms with Crippen LogP contribution in [0.15, 0.2) is 199 Å². The molecule has 0 saturated heterocycles. The van der Waals surface area contributed by atoms with Crippen molar-refractivity contribution in [1.29, 1.82) is 0 Å². The van der Waals surface area contributed by atoms with E-state index in [4.69, 9.17) is 4.42 Å². The lowest BCUT2D eigenvalue weighted by Crippen LogP contribution is -2.32. The second-order valence-electron chi connectivity index (χ2n) is 16.1. The van der Waals surface area contributed by atoms with Gasteiger partial charge in [0.1, 0.15) is 11.2 Å². The van der Waals surface area contributed by atoms with Gasteiger partial charge in [-0.25, -0.2) is 0 Å². The van der Waals surface area contributed by atoms with Crippen molar-refractivity contribution in [1.82, 2.24) is 0 Å². The number of para-hydroxylation sites is 1. The summed E-state index contributed by atoms with van der Waals surface area (Å²) in [6.07, 6.45) is 0. The molecule has 1 aliphatic carbocycles. The molecule has 0 fully saturated rings. The highest BCUT2D eigenvalue weighted by molar-refractivity contribution is 6.17. The summed E-state index contributed by atoms with van der Waals surface area (Å²) in [5.74, 6) is 0. The molecule has 2 nitrogen and oxygen atoms in total. The molecule has 0 N–H and O–H groups in total. The number of rotatable bonds is 3. The molecule has 0 spiro atoms. The Labute approximate surface area is 335 Å². The van der Waals surface area contributed by atoms with Gasteiger partial charge in [0, 0.05) is 21.8 Å². The van der Waals surface area contributed by atoms with Crippen LogP contribution in [0.3, 0.4) is 0 Å². The first-order chi connectivity index (χ1) is 28.6. The minimum absolute atomic E-state index is 0.363.